The molecule has 0 bridgehead atoms. The number of anilines is 1. The average Bonchev–Trinajstić information content (AvgIpc) is 2.47. The first kappa shape index (κ1) is 13.3. The third kappa shape index (κ3) is 3.42. The number of aryl methyl sites for hydroxylation is 1. The molecule has 0 aliphatic heterocycles. The molecule has 1 aromatic heterocycles. The van der Waals surface area contributed by atoms with Gasteiger partial charge in [-0.15, -0.1) is 0 Å². The van der Waals surface area contributed by atoms with Crippen LogP contribution in [-0.2, 0) is 12.8 Å². The predicted octanol–water partition coefficient (Wildman–Crippen LogP) is 1.92. The van der Waals surface area contributed by atoms with Crippen LogP contribution < -0.4 is 16.0 Å². The molecule has 3 N–H and O–H groups in total. The molecule has 5 nitrogen and oxygen atoms in total. The number of hydrogen-bond acceptors (Lipinski definition) is 5. The fraction of sp³-hybridized carbons (Fsp3) is 0.286. The average molecular weight is 258 g/mol. The number of ether oxygens (including phenoxy) is 1. The molecule has 0 amide bonds. The quantitative estimate of drug-likeness (QED) is 0.633. The zero-order valence-electron chi connectivity index (χ0n) is 11.2. The third-order valence-electron chi connectivity index (χ3n) is 2.86. The lowest BCUT2D eigenvalue weighted by Gasteiger charge is -2.07. The predicted molar refractivity (Wildman–Crippen MR) is 75.0 cm³/mol. The maximum atomic E-state index is 5.42. The van der Waals surface area contributed by atoms with Gasteiger partial charge in [-0.1, -0.05) is 19.1 Å². The van der Waals surface area contributed by atoms with Gasteiger partial charge in [-0.2, -0.15) is 0 Å². The number of hydrogen-bond donors (Lipinski definition) is 2. The molecule has 0 unspecified atom stereocenters. The van der Waals surface area contributed by atoms with Crippen LogP contribution in [0.5, 0.6) is 5.75 Å². The minimum Gasteiger partial charge on any atom is -0.497 e. The molecule has 0 radical (unpaired) electrons. The van der Waals surface area contributed by atoms with E-state index in [1.54, 1.807) is 7.11 Å². The Morgan fingerprint density at radius 3 is 2.53 bits per heavy atom. The normalized spacial score (nSPS) is 10.3. The van der Waals surface area contributed by atoms with E-state index in [4.69, 9.17) is 10.6 Å². The van der Waals surface area contributed by atoms with Crippen LogP contribution in [-0.4, -0.2) is 17.1 Å². The third-order valence-corrected chi connectivity index (χ3v) is 2.86. The maximum absolute atomic E-state index is 5.42. The van der Waals surface area contributed by atoms with Gasteiger partial charge in [0.2, 0.25) is 0 Å². The van der Waals surface area contributed by atoms with Crippen LogP contribution in [0.2, 0.25) is 0 Å². The summed E-state index contributed by atoms with van der Waals surface area (Å²) < 4.78 is 5.13. The standard InChI is InChI=1S/C14H18N4O/c1-3-11-9-14(18-15)17-13(16-11)8-10-4-6-12(19-2)7-5-10/h4-7,9H,3,8,15H2,1-2H3,(H,16,17,18). The lowest BCUT2D eigenvalue weighted by atomic mass is 10.1. The van der Waals surface area contributed by atoms with Crippen molar-refractivity contribution in [3.63, 3.8) is 0 Å². The van der Waals surface area contributed by atoms with Crippen molar-refractivity contribution in [3.8, 4) is 5.75 Å². The van der Waals surface area contributed by atoms with Crippen molar-refractivity contribution >= 4 is 5.82 Å². The highest BCUT2D eigenvalue weighted by Gasteiger charge is 2.04. The largest absolute Gasteiger partial charge is 0.497 e. The number of nitrogens with two attached hydrogens (primary N) is 1. The van der Waals surface area contributed by atoms with E-state index >= 15 is 0 Å². The Balaban J connectivity index is 2.21. The molecule has 19 heavy (non-hydrogen) atoms. The summed E-state index contributed by atoms with van der Waals surface area (Å²) in [5.41, 5.74) is 4.69. The monoisotopic (exact) mass is 258 g/mol. The van der Waals surface area contributed by atoms with Crippen molar-refractivity contribution in [1.29, 1.82) is 0 Å². The van der Waals surface area contributed by atoms with Crippen molar-refractivity contribution in [3.05, 3.63) is 47.4 Å². The molecule has 5 heteroatoms. The Bertz CT molecular complexity index is 517. The van der Waals surface area contributed by atoms with Crippen molar-refractivity contribution < 1.29 is 4.74 Å². The lowest BCUT2D eigenvalue weighted by molar-refractivity contribution is 0.414. The molecule has 0 fully saturated rings. The van der Waals surface area contributed by atoms with Gasteiger partial charge in [0.1, 0.15) is 17.4 Å². The molecule has 100 valence electrons. The molecule has 2 rings (SSSR count). The van der Waals surface area contributed by atoms with Gasteiger partial charge < -0.3 is 10.2 Å². The second-order valence-electron chi connectivity index (χ2n) is 4.18. The summed E-state index contributed by atoms with van der Waals surface area (Å²) in [7, 11) is 1.65. The van der Waals surface area contributed by atoms with Gasteiger partial charge in [0.15, 0.2) is 0 Å². The summed E-state index contributed by atoms with van der Waals surface area (Å²) >= 11 is 0. The minimum absolute atomic E-state index is 0.648. The maximum Gasteiger partial charge on any atom is 0.143 e. The van der Waals surface area contributed by atoms with E-state index < -0.39 is 0 Å². The van der Waals surface area contributed by atoms with E-state index in [0.717, 1.165) is 29.3 Å². The molecule has 0 aliphatic rings. The number of aromatic nitrogens is 2. The molecule has 0 saturated heterocycles. The Hall–Kier alpha value is -2.14. The number of nitrogens with zero attached hydrogens (tertiary/aromatic N) is 2. The molecular formula is C14H18N4O. The van der Waals surface area contributed by atoms with E-state index in [2.05, 4.69) is 22.3 Å². The summed E-state index contributed by atoms with van der Waals surface area (Å²) in [4.78, 5) is 8.86. The Morgan fingerprint density at radius 2 is 1.95 bits per heavy atom. The van der Waals surface area contributed by atoms with Gasteiger partial charge in [-0.05, 0) is 24.1 Å². The number of methoxy groups -OCH3 is 1. The molecule has 0 atom stereocenters. The van der Waals surface area contributed by atoms with E-state index in [0.29, 0.717) is 12.2 Å². The molecule has 0 saturated carbocycles. The summed E-state index contributed by atoms with van der Waals surface area (Å²) in [5, 5.41) is 0. The molecular weight excluding hydrogens is 240 g/mol. The van der Waals surface area contributed by atoms with E-state index in [1.165, 1.54) is 0 Å². The van der Waals surface area contributed by atoms with Crippen LogP contribution in [0.25, 0.3) is 0 Å². The van der Waals surface area contributed by atoms with Gasteiger partial charge in [-0.25, -0.2) is 15.8 Å². The fourth-order valence-corrected chi connectivity index (χ4v) is 1.81. The molecule has 0 aliphatic carbocycles. The zero-order valence-corrected chi connectivity index (χ0v) is 11.2. The smallest absolute Gasteiger partial charge is 0.143 e. The summed E-state index contributed by atoms with van der Waals surface area (Å²) in [6.45, 7) is 2.06. The molecule has 1 aromatic carbocycles. The number of nitrogen functional groups attached to an aromatic ring is 1. The van der Waals surface area contributed by atoms with Crippen molar-refractivity contribution in [2.45, 2.75) is 19.8 Å². The second kappa shape index (κ2) is 6.15. The molecule has 0 spiro atoms. The zero-order chi connectivity index (χ0) is 13.7. The van der Waals surface area contributed by atoms with Crippen LogP contribution in [0.1, 0.15) is 24.0 Å². The number of hydrazine groups is 1. The fourth-order valence-electron chi connectivity index (χ4n) is 1.81. The Kier molecular flexibility index (Phi) is 4.30. The SMILES string of the molecule is CCc1cc(NN)nc(Cc2ccc(OC)cc2)n1. The first-order valence-electron chi connectivity index (χ1n) is 6.21. The molecule has 1 heterocycles. The Labute approximate surface area is 112 Å². The van der Waals surface area contributed by atoms with Crippen LogP contribution >= 0.6 is 0 Å². The van der Waals surface area contributed by atoms with Crippen LogP contribution in [0.15, 0.2) is 30.3 Å². The second-order valence-corrected chi connectivity index (χ2v) is 4.18. The van der Waals surface area contributed by atoms with Crippen LogP contribution in [0, 0.1) is 0 Å². The van der Waals surface area contributed by atoms with E-state index in [-0.39, 0.29) is 0 Å². The Morgan fingerprint density at radius 1 is 1.21 bits per heavy atom. The summed E-state index contributed by atoms with van der Waals surface area (Å²) in [6, 6.07) is 9.74. The highest BCUT2D eigenvalue weighted by molar-refractivity contribution is 5.36. The highest BCUT2D eigenvalue weighted by Crippen LogP contribution is 2.14. The van der Waals surface area contributed by atoms with E-state index in [1.807, 2.05) is 30.3 Å². The van der Waals surface area contributed by atoms with Gasteiger partial charge in [0.05, 0.1) is 7.11 Å². The topological polar surface area (TPSA) is 73.1 Å². The van der Waals surface area contributed by atoms with Gasteiger partial charge in [0.25, 0.3) is 0 Å². The highest BCUT2D eigenvalue weighted by atomic mass is 16.5. The van der Waals surface area contributed by atoms with Crippen molar-refractivity contribution in [1.82, 2.24) is 9.97 Å². The summed E-state index contributed by atoms with van der Waals surface area (Å²) in [5.74, 6) is 7.67. The first-order chi connectivity index (χ1) is 9.25. The number of benzene rings is 1. The van der Waals surface area contributed by atoms with Crippen molar-refractivity contribution in [2.75, 3.05) is 12.5 Å². The lowest BCUT2D eigenvalue weighted by Crippen LogP contribution is -2.11. The number of rotatable bonds is 5. The first-order valence-corrected chi connectivity index (χ1v) is 6.21. The van der Waals surface area contributed by atoms with Gasteiger partial charge >= 0.3 is 0 Å². The van der Waals surface area contributed by atoms with E-state index in [9.17, 15) is 0 Å². The van der Waals surface area contributed by atoms with Gasteiger partial charge in [-0.3, -0.25) is 0 Å². The minimum atomic E-state index is 0.648. The van der Waals surface area contributed by atoms with Crippen LogP contribution in [0.3, 0.4) is 0 Å². The number of nitrogens with one attached hydrogen (secondary N) is 1. The van der Waals surface area contributed by atoms with Crippen LogP contribution in [0.4, 0.5) is 5.82 Å². The molecule has 2 aromatic rings. The summed E-state index contributed by atoms with van der Waals surface area (Å²) in [6.07, 6.45) is 1.53. The van der Waals surface area contributed by atoms with Crippen molar-refractivity contribution in [2.24, 2.45) is 5.84 Å². The van der Waals surface area contributed by atoms with Gasteiger partial charge in [0, 0.05) is 18.2 Å².